The highest BCUT2D eigenvalue weighted by Crippen LogP contribution is 2.42. The van der Waals surface area contributed by atoms with E-state index >= 15 is 0 Å². The molecule has 0 N–H and O–H groups in total. The molecule has 0 amide bonds. The minimum atomic E-state index is 0.0718. The monoisotopic (exact) mass is 122 g/mol. The van der Waals surface area contributed by atoms with Crippen molar-refractivity contribution < 1.29 is 9.59 Å². The second-order valence-corrected chi connectivity index (χ2v) is 2.59. The van der Waals surface area contributed by atoms with Gasteiger partial charge in [-0.15, -0.1) is 0 Å². The average molecular weight is 122 g/mol. The molecular formula is C7H6O2. The molecule has 0 spiro atoms. The molecule has 9 heavy (non-hydrogen) atoms. The van der Waals surface area contributed by atoms with Gasteiger partial charge in [0.15, 0.2) is 11.6 Å². The first kappa shape index (κ1) is 4.91. The van der Waals surface area contributed by atoms with E-state index in [4.69, 9.17) is 0 Å². The third-order valence-electron chi connectivity index (χ3n) is 1.93. The summed E-state index contributed by atoms with van der Waals surface area (Å²) < 4.78 is 0. The van der Waals surface area contributed by atoms with E-state index in [1.807, 2.05) is 0 Å². The lowest BCUT2D eigenvalue weighted by atomic mass is 10.1. The van der Waals surface area contributed by atoms with Gasteiger partial charge in [0.1, 0.15) is 0 Å². The summed E-state index contributed by atoms with van der Waals surface area (Å²) in [7, 11) is 0. The lowest BCUT2D eigenvalue weighted by Crippen LogP contribution is -2.09. The maximum atomic E-state index is 10.7. The maximum Gasteiger partial charge on any atom is 0.159 e. The molecule has 0 aliphatic heterocycles. The summed E-state index contributed by atoms with van der Waals surface area (Å²) in [4.78, 5) is 21.5. The molecule has 0 aromatic carbocycles. The van der Waals surface area contributed by atoms with E-state index < -0.39 is 0 Å². The third-order valence-corrected chi connectivity index (χ3v) is 1.93. The van der Waals surface area contributed by atoms with Crippen LogP contribution in [0.25, 0.3) is 0 Å². The second kappa shape index (κ2) is 1.32. The smallest absolute Gasteiger partial charge is 0.159 e. The van der Waals surface area contributed by atoms with Crippen LogP contribution in [0.2, 0.25) is 0 Å². The van der Waals surface area contributed by atoms with Gasteiger partial charge in [0, 0.05) is 11.8 Å². The Hall–Kier alpha value is -0.920. The molecule has 2 heteroatoms. The molecule has 0 heterocycles. The molecular weight excluding hydrogens is 116 g/mol. The van der Waals surface area contributed by atoms with Gasteiger partial charge in [-0.25, -0.2) is 0 Å². The average Bonchev–Trinajstić information content (AvgIpc) is 2.57. The van der Waals surface area contributed by atoms with Crippen molar-refractivity contribution in [2.45, 2.75) is 6.42 Å². The molecule has 2 rings (SSSR count). The molecule has 46 valence electrons. The molecule has 2 atom stereocenters. The molecule has 0 aromatic rings. The Labute approximate surface area is 52.6 Å². The number of carbonyl (C=O) groups is 2. The molecule has 0 saturated heterocycles. The van der Waals surface area contributed by atoms with Crippen molar-refractivity contribution in [2.24, 2.45) is 11.8 Å². The van der Waals surface area contributed by atoms with Gasteiger partial charge in [-0.3, -0.25) is 9.59 Å². The topological polar surface area (TPSA) is 34.1 Å². The first-order valence-corrected chi connectivity index (χ1v) is 3.05. The molecule has 0 unspecified atom stereocenters. The van der Waals surface area contributed by atoms with Crippen molar-refractivity contribution in [2.75, 3.05) is 0 Å². The predicted molar refractivity (Wildman–Crippen MR) is 30.8 cm³/mol. The van der Waals surface area contributed by atoms with Crippen LogP contribution in [-0.2, 0) is 9.59 Å². The minimum Gasteiger partial charge on any atom is -0.295 e. The van der Waals surface area contributed by atoms with Gasteiger partial charge in [0.25, 0.3) is 0 Å². The van der Waals surface area contributed by atoms with Gasteiger partial charge in [-0.05, 0) is 18.6 Å². The standard InChI is InChI=1S/C7H6O2/c8-6-1-2-7(9)5-3-4(5)6/h1-2,4-5H,3H2/t4-,5+. The van der Waals surface area contributed by atoms with E-state index in [-0.39, 0.29) is 23.4 Å². The number of fused-ring (bicyclic) bond motifs is 1. The minimum absolute atomic E-state index is 0.0718. The van der Waals surface area contributed by atoms with Gasteiger partial charge in [0.2, 0.25) is 0 Å². The van der Waals surface area contributed by atoms with Crippen molar-refractivity contribution in [1.29, 1.82) is 0 Å². The summed E-state index contributed by atoms with van der Waals surface area (Å²) in [5, 5.41) is 0. The first-order chi connectivity index (χ1) is 4.29. The summed E-state index contributed by atoms with van der Waals surface area (Å²) >= 11 is 0. The molecule has 2 nitrogen and oxygen atoms in total. The van der Waals surface area contributed by atoms with E-state index in [9.17, 15) is 9.59 Å². The molecule has 0 bridgehead atoms. The normalized spacial score (nSPS) is 38.7. The van der Waals surface area contributed by atoms with Crippen LogP contribution >= 0.6 is 0 Å². The Morgan fingerprint density at radius 1 is 1.11 bits per heavy atom. The van der Waals surface area contributed by atoms with Crippen LogP contribution in [-0.4, -0.2) is 11.6 Å². The summed E-state index contributed by atoms with van der Waals surface area (Å²) in [6.45, 7) is 0. The largest absolute Gasteiger partial charge is 0.295 e. The zero-order valence-electron chi connectivity index (χ0n) is 4.83. The number of rotatable bonds is 0. The van der Waals surface area contributed by atoms with Gasteiger partial charge in [-0.1, -0.05) is 0 Å². The van der Waals surface area contributed by atoms with Crippen molar-refractivity contribution in [3.8, 4) is 0 Å². The van der Waals surface area contributed by atoms with Crippen LogP contribution in [0.4, 0.5) is 0 Å². The highest BCUT2D eigenvalue weighted by atomic mass is 16.1. The molecule has 2 aliphatic rings. The van der Waals surface area contributed by atoms with Crippen LogP contribution in [0.3, 0.4) is 0 Å². The van der Waals surface area contributed by atoms with Crippen LogP contribution in [0.5, 0.6) is 0 Å². The number of allylic oxidation sites excluding steroid dienone is 2. The number of hydrogen-bond donors (Lipinski definition) is 0. The Balaban J connectivity index is 2.34. The van der Waals surface area contributed by atoms with Crippen molar-refractivity contribution in [1.82, 2.24) is 0 Å². The van der Waals surface area contributed by atoms with E-state index in [0.29, 0.717) is 0 Å². The molecule has 1 saturated carbocycles. The van der Waals surface area contributed by atoms with Gasteiger partial charge in [0.05, 0.1) is 0 Å². The fourth-order valence-electron chi connectivity index (χ4n) is 1.24. The molecule has 1 fully saturated rings. The van der Waals surface area contributed by atoms with Crippen LogP contribution < -0.4 is 0 Å². The van der Waals surface area contributed by atoms with E-state index in [2.05, 4.69) is 0 Å². The Morgan fingerprint density at radius 2 is 1.56 bits per heavy atom. The van der Waals surface area contributed by atoms with Crippen molar-refractivity contribution in [3.05, 3.63) is 12.2 Å². The zero-order valence-corrected chi connectivity index (χ0v) is 4.83. The summed E-state index contributed by atoms with van der Waals surface area (Å²) in [5.74, 6) is 0.421. The zero-order chi connectivity index (χ0) is 6.43. The maximum absolute atomic E-state index is 10.7. The van der Waals surface area contributed by atoms with Crippen LogP contribution in [0.1, 0.15) is 6.42 Å². The quantitative estimate of drug-likeness (QED) is 0.464. The fourth-order valence-corrected chi connectivity index (χ4v) is 1.24. The molecule has 0 aromatic heterocycles. The molecule has 2 aliphatic carbocycles. The summed E-state index contributed by atoms with van der Waals surface area (Å²) in [5.41, 5.74) is 0. The fraction of sp³-hybridized carbons (Fsp3) is 0.429. The van der Waals surface area contributed by atoms with Gasteiger partial charge >= 0.3 is 0 Å². The van der Waals surface area contributed by atoms with Crippen molar-refractivity contribution >= 4 is 11.6 Å². The predicted octanol–water partition coefficient (Wildman–Crippen LogP) is 0.330. The van der Waals surface area contributed by atoms with E-state index in [1.165, 1.54) is 12.2 Å². The Morgan fingerprint density at radius 3 is 2.00 bits per heavy atom. The van der Waals surface area contributed by atoms with Gasteiger partial charge < -0.3 is 0 Å². The number of carbonyl (C=O) groups excluding carboxylic acids is 2. The van der Waals surface area contributed by atoms with E-state index in [1.54, 1.807) is 0 Å². The summed E-state index contributed by atoms with van der Waals surface area (Å²) in [6, 6.07) is 0. The lowest BCUT2D eigenvalue weighted by Gasteiger charge is -1.96. The second-order valence-electron chi connectivity index (χ2n) is 2.59. The Kier molecular flexibility index (Phi) is 0.721. The first-order valence-electron chi connectivity index (χ1n) is 3.05. The SMILES string of the molecule is O=C1C=CC(=O)[C@@H]2C[C@H]12. The van der Waals surface area contributed by atoms with Gasteiger partial charge in [-0.2, -0.15) is 0 Å². The Bertz CT molecular complexity index is 193. The van der Waals surface area contributed by atoms with Crippen molar-refractivity contribution in [3.63, 3.8) is 0 Å². The summed E-state index contributed by atoms with van der Waals surface area (Å²) in [6.07, 6.45) is 3.59. The van der Waals surface area contributed by atoms with Crippen LogP contribution in [0.15, 0.2) is 12.2 Å². The van der Waals surface area contributed by atoms with E-state index in [0.717, 1.165) is 6.42 Å². The highest BCUT2D eigenvalue weighted by molar-refractivity contribution is 6.10. The number of ketones is 2. The molecule has 0 radical (unpaired) electrons. The lowest BCUT2D eigenvalue weighted by molar-refractivity contribution is -0.121. The number of hydrogen-bond acceptors (Lipinski definition) is 2. The van der Waals surface area contributed by atoms with Crippen LogP contribution in [0, 0.1) is 11.8 Å². The highest BCUT2D eigenvalue weighted by Gasteiger charge is 2.47. The third kappa shape index (κ3) is 0.559.